The van der Waals surface area contributed by atoms with Crippen molar-refractivity contribution in [3.63, 3.8) is 0 Å². The van der Waals surface area contributed by atoms with E-state index in [0.29, 0.717) is 12.5 Å². The van der Waals surface area contributed by atoms with Crippen LogP contribution in [0, 0.1) is 11.3 Å². The Labute approximate surface area is 158 Å². The lowest BCUT2D eigenvalue weighted by Gasteiger charge is -2.37. The Balaban J connectivity index is 1.60. The molecule has 3 aromatic heterocycles. The molecule has 1 saturated heterocycles. The first-order valence-electron chi connectivity index (χ1n) is 9.19. The summed E-state index contributed by atoms with van der Waals surface area (Å²) in [6.07, 6.45) is 6.50. The Hall–Kier alpha value is -2.98. The van der Waals surface area contributed by atoms with Gasteiger partial charge in [0.25, 0.3) is 0 Å². The van der Waals surface area contributed by atoms with Crippen LogP contribution < -0.4 is 4.90 Å². The highest BCUT2D eigenvalue weighted by Crippen LogP contribution is 2.31. The number of nitrogens with zero attached hydrogens (tertiary/aromatic N) is 7. The number of anilines is 2. The predicted molar refractivity (Wildman–Crippen MR) is 105 cm³/mol. The monoisotopic (exact) mass is 361 g/mol. The minimum atomic E-state index is 0.423. The summed E-state index contributed by atoms with van der Waals surface area (Å²) < 4.78 is 2.00. The molecule has 7 heteroatoms. The second kappa shape index (κ2) is 6.97. The standard InChI is InChI=1S/C20H23N7/c1-4-14-7-16(15-11-27(12-15)6-5-21)22-10-19(14)26(3)20-8-18-17(9-23-20)24-13-25(18)2/h7-10,13,15H,4,6,11-12H2,1-3H3. The second-order valence-corrected chi connectivity index (χ2v) is 7.09. The van der Waals surface area contributed by atoms with Gasteiger partial charge in [-0.3, -0.25) is 9.88 Å². The molecule has 0 radical (unpaired) electrons. The summed E-state index contributed by atoms with van der Waals surface area (Å²) in [5.41, 5.74) is 5.40. The largest absolute Gasteiger partial charge is 0.334 e. The van der Waals surface area contributed by atoms with Gasteiger partial charge in [0.15, 0.2) is 0 Å². The molecule has 0 amide bonds. The van der Waals surface area contributed by atoms with Crippen molar-refractivity contribution in [3.8, 4) is 6.07 Å². The molecule has 0 bridgehead atoms. The van der Waals surface area contributed by atoms with E-state index in [9.17, 15) is 0 Å². The summed E-state index contributed by atoms with van der Waals surface area (Å²) in [5, 5.41) is 8.79. The molecule has 0 N–H and O–H groups in total. The topological polar surface area (TPSA) is 73.9 Å². The van der Waals surface area contributed by atoms with Crippen molar-refractivity contribution in [1.82, 2.24) is 24.4 Å². The molecule has 138 valence electrons. The van der Waals surface area contributed by atoms with Crippen LogP contribution in [0.4, 0.5) is 11.5 Å². The summed E-state index contributed by atoms with van der Waals surface area (Å²) in [4.78, 5) is 17.9. The highest BCUT2D eigenvalue weighted by atomic mass is 15.2. The highest BCUT2D eigenvalue weighted by Gasteiger charge is 2.29. The number of pyridine rings is 2. The first-order valence-corrected chi connectivity index (χ1v) is 9.19. The molecule has 0 saturated carbocycles. The van der Waals surface area contributed by atoms with Crippen molar-refractivity contribution in [2.24, 2.45) is 7.05 Å². The molecule has 1 aliphatic rings. The summed E-state index contributed by atoms with van der Waals surface area (Å²) in [7, 11) is 4.01. The smallest absolute Gasteiger partial charge is 0.134 e. The van der Waals surface area contributed by atoms with Gasteiger partial charge in [0, 0.05) is 44.9 Å². The molecule has 0 aromatic carbocycles. The van der Waals surface area contributed by atoms with Gasteiger partial charge in [0.05, 0.1) is 42.5 Å². The number of aryl methyl sites for hydroxylation is 2. The van der Waals surface area contributed by atoms with E-state index in [1.807, 2.05) is 31.1 Å². The number of imidazole rings is 1. The maximum atomic E-state index is 8.79. The first-order chi connectivity index (χ1) is 13.1. The predicted octanol–water partition coefficient (Wildman–Crippen LogP) is 2.62. The molecule has 1 aliphatic heterocycles. The van der Waals surface area contributed by atoms with Crippen LogP contribution in [0.5, 0.6) is 0 Å². The summed E-state index contributed by atoms with van der Waals surface area (Å²) in [6.45, 7) is 4.49. The molecule has 4 heterocycles. The Bertz CT molecular complexity index is 1010. The summed E-state index contributed by atoms with van der Waals surface area (Å²) in [5.74, 6) is 1.30. The molecular weight excluding hydrogens is 338 g/mol. The van der Waals surface area contributed by atoms with E-state index in [1.54, 1.807) is 6.33 Å². The number of hydrogen-bond acceptors (Lipinski definition) is 6. The van der Waals surface area contributed by atoms with Gasteiger partial charge in [0.1, 0.15) is 11.3 Å². The van der Waals surface area contributed by atoms with Crippen LogP contribution in [0.2, 0.25) is 0 Å². The van der Waals surface area contributed by atoms with Crippen molar-refractivity contribution in [1.29, 1.82) is 5.26 Å². The fraction of sp³-hybridized carbons (Fsp3) is 0.400. The van der Waals surface area contributed by atoms with E-state index < -0.39 is 0 Å². The third-order valence-electron chi connectivity index (χ3n) is 5.34. The average molecular weight is 361 g/mol. The number of likely N-dealkylation sites (tertiary alicyclic amines) is 1. The summed E-state index contributed by atoms with van der Waals surface area (Å²) in [6, 6.07) is 6.47. The number of nitriles is 1. The van der Waals surface area contributed by atoms with Crippen LogP contribution in [0.15, 0.2) is 30.9 Å². The lowest BCUT2D eigenvalue weighted by atomic mass is 9.94. The third kappa shape index (κ3) is 3.13. The van der Waals surface area contributed by atoms with E-state index in [1.165, 1.54) is 5.56 Å². The van der Waals surface area contributed by atoms with Crippen LogP contribution in [0.25, 0.3) is 11.0 Å². The minimum absolute atomic E-state index is 0.423. The highest BCUT2D eigenvalue weighted by molar-refractivity contribution is 5.79. The zero-order valence-corrected chi connectivity index (χ0v) is 15.9. The molecule has 1 fully saturated rings. The van der Waals surface area contributed by atoms with Gasteiger partial charge in [-0.1, -0.05) is 6.92 Å². The molecule has 0 aliphatic carbocycles. The Morgan fingerprint density at radius 1 is 1.22 bits per heavy atom. The van der Waals surface area contributed by atoms with E-state index in [-0.39, 0.29) is 0 Å². The quantitative estimate of drug-likeness (QED) is 0.651. The average Bonchev–Trinajstić information content (AvgIpc) is 3.03. The van der Waals surface area contributed by atoms with Gasteiger partial charge in [-0.15, -0.1) is 0 Å². The Morgan fingerprint density at radius 3 is 2.78 bits per heavy atom. The summed E-state index contributed by atoms with van der Waals surface area (Å²) >= 11 is 0. The first kappa shape index (κ1) is 17.4. The van der Waals surface area contributed by atoms with Gasteiger partial charge in [0.2, 0.25) is 0 Å². The molecule has 7 nitrogen and oxygen atoms in total. The van der Waals surface area contributed by atoms with Crippen LogP contribution in [-0.4, -0.2) is 51.1 Å². The number of aromatic nitrogens is 4. The molecule has 0 unspecified atom stereocenters. The van der Waals surface area contributed by atoms with Crippen LogP contribution in [0.3, 0.4) is 0 Å². The molecule has 3 aromatic rings. The maximum Gasteiger partial charge on any atom is 0.134 e. The zero-order chi connectivity index (χ0) is 19.0. The normalized spacial score (nSPS) is 14.9. The Kier molecular flexibility index (Phi) is 4.50. The van der Waals surface area contributed by atoms with Crippen molar-refractivity contribution in [3.05, 3.63) is 42.1 Å². The SMILES string of the molecule is CCc1cc(C2CN(CC#N)C2)ncc1N(C)c1cc2c(cn1)ncn2C. The second-order valence-electron chi connectivity index (χ2n) is 7.09. The lowest BCUT2D eigenvalue weighted by molar-refractivity contribution is 0.166. The maximum absolute atomic E-state index is 8.79. The van der Waals surface area contributed by atoms with E-state index in [4.69, 9.17) is 10.2 Å². The number of fused-ring (bicyclic) bond motifs is 1. The van der Waals surface area contributed by atoms with Crippen LogP contribution >= 0.6 is 0 Å². The molecular formula is C20H23N7. The molecule has 4 rings (SSSR count). The lowest BCUT2D eigenvalue weighted by Crippen LogP contribution is -2.45. The Morgan fingerprint density at radius 2 is 2.04 bits per heavy atom. The van der Waals surface area contributed by atoms with Gasteiger partial charge < -0.3 is 9.47 Å². The van der Waals surface area contributed by atoms with Gasteiger partial charge in [-0.2, -0.15) is 5.26 Å². The minimum Gasteiger partial charge on any atom is -0.334 e. The van der Waals surface area contributed by atoms with E-state index >= 15 is 0 Å². The third-order valence-corrected chi connectivity index (χ3v) is 5.34. The van der Waals surface area contributed by atoms with Crippen molar-refractivity contribution >= 4 is 22.5 Å². The molecule has 27 heavy (non-hydrogen) atoms. The van der Waals surface area contributed by atoms with Gasteiger partial charge >= 0.3 is 0 Å². The van der Waals surface area contributed by atoms with E-state index in [0.717, 1.165) is 47.7 Å². The van der Waals surface area contributed by atoms with Crippen LogP contribution in [0.1, 0.15) is 24.1 Å². The van der Waals surface area contributed by atoms with Gasteiger partial charge in [-0.25, -0.2) is 9.97 Å². The van der Waals surface area contributed by atoms with E-state index in [2.05, 4.69) is 44.9 Å². The number of hydrogen-bond donors (Lipinski definition) is 0. The van der Waals surface area contributed by atoms with Crippen LogP contribution in [-0.2, 0) is 13.5 Å². The van der Waals surface area contributed by atoms with Crippen molar-refractivity contribution < 1.29 is 0 Å². The van der Waals surface area contributed by atoms with Gasteiger partial charge in [-0.05, 0) is 18.1 Å². The molecule has 0 atom stereocenters. The zero-order valence-electron chi connectivity index (χ0n) is 15.9. The molecule has 0 spiro atoms. The fourth-order valence-electron chi connectivity index (χ4n) is 3.63. The van der Waals surface area contributed by atoms with Crippen molar-refractivity contribution in [2.45, 2.75) is 19.3 Å². The fourth-order valence-corrected chi connectivity index (χ4v) is 3.63. The van der Waals surface area contributed by atoms with Crippen molar-refractivity contribution in [2.75, 3.05) is 31.6 Å². The number of rotatable bonds is 5.